The van der Waals surface area contributed by atoms with E-state index in [1.165, 1.54) is 18.5 Å². The molecule has 0 unspecified atom stereocenters. The van der Waals surface area contributed by atoms with Crippen molar-refractivity contribution in [3.8, 4) is 0 Å². The molecule has 0 bridgehead atoms. The fourth-order valence-electron chi connectivity index (χ4n) is 3.82. The van der Waals surface area contributed by atoms with Gasteiger partial charge in [-0.3, -0.25) is 9.59 Å². The summed E-state index contributed by atoms with van der Waals surface area (Å²) in [7, 11) is 0. The van der Waals surface area contributed by atoms with Gasteiger partial charge < -0.3 is 15.0 Å². The van der Waals surface area contributed by atoms with Crippen molar-refractivity contribution < 1.29 is 19.1 Å². The number of aromatic amines is 1. The van der Waals surface area contributed by atoms with E-state index in [-0.39, 0.29) is 24.6 Å². The Kier molecular flexibility index (Phi) is 4.14. The molecule has 0 aliphatic carbocycles. The van der Waals surface area contributed by atoms with Crippen LogP contribution in [0.3, 0.4) is 0 Å². The number of halogens is 1. The van der Waals surface area contributed by atoms with Gasteiger partial charge in [0.25, 0.3) is 5.91 Å². The Morgan fingerprint density at radius 1 is 1.15 bits per heavy atom. The van der Waals surface area contributed by atoms with E-state index in [1.54, 1.807) is 4.90 Å². The van der Waals surface area contributed by atoms with E-state index < -0.39 is 17.2 Å². The number of rotatable bonds is 3. The first-order valence-corrected chi connectivity index (χ1v) is 8.72. The highest BCUT2D eigenvalue weighted by Gasteiger charge is 2.44. The van der Waals surface area contributed by atoms with Gasteiger partial charge >= 0.3 is 5.97 Å². The summed E-state index contributed by atoms with van der Waals surface area (Å²) in [6.07, 6.45) is 2.02. The number of benzene rings is 2. The molecule has 0 saturated carbocycles. The van der Waals surface area contributed by atoms with E-state index in [0.29, 0.717) is 23.9 Å². The molecule has 1 aliphatic heterocycles. The number of carbonyl (C=O) groups is 2. The van der Waals surface area contributed by atoms with Gasteiger partial charge in [-0.15, -0.1) is 0 Å². The standard InChI is InChI=1S/C20H18FN3O3/c21-14-10-15(17-16(11-14)22-12-23-17)18(25)24-8-6-20(7-9-24,19(26)27)13-4-2-1-3-5-13/h1-5,10-12H,6-9H2,(H,22,23)(H,26,27). The highest BCUT2D eigenvalue weighted by Crippen LogP contribution is 2.36. The first-order chi connectivity index (χ1) is 13.0. The molecule has 2 heterocycles. The largest absolute Gasteiger partial charge is 0.481 e. The second-order valence-corrected chi connectivity index (χ2v) is 6.80. The second kappa shape index (κ2) is 6.50. The van der Waals surface area contributed by atoms with Crippen molar-refractivity contribution in [3.63, 3.8) is 0 Å². The molecule has 3 aromatic rings. The molecule has 0 atom stereocenters. The number of piperidine rings is 1. The van der Waals surface area contributed by atoms with Crippen LogP contribution in [0, 0.1) is 5.82 Å². The maximum atomic E-state index is 13.9. The molecule has 2 N–H and O–H groups in total. The van der Waals surface area contributed by atoms with E-state index in [4.69, 9.17) is 0 Å². The maximum Gasteiger partial charge on any atom is 0.314 e. The summed E-state index contributed by atoms with van der Waals surface area (Å²) in [6, 6.07) is 11.6. The molecule has 1 aromatic heterocycles. The summed E-state index contributed by atoms with van der Waals surface area (Å²) in [5, 5.41) is 9.87. The smallest absolute Gasteiger partial charge is 0.314 e. The summed E-state index contributed by atoms with van der Waals surface area (Å²) in [4.78, 5) is 33.5. The predicted octanol–water partition coefficient (Wildman–Crippen LogP) is 2.96. The number of likely N-dealkylation sites (tertiary alicyclic amines) is 1. The Balaban J connectivity index is 1.61. The topological polar surface area (TPSA) is 86.3 Å². The number of hydrogen-bond donors (Lipinski definition) is 2. The minimum Gasteiger partial charge on any atom is -0.481 e. The molecule has 0 radical (unpaired) electrons. The molecule has 7 heteroatoms. The minimum absolute atomic E-state index is 0.189. The van der Waals surface area contributed by atoms with Crippen LogP contribution in [0.2, 0.25) is 0 Å². The first kappa shape index (κ1) is 17.2. The van der Waals surface area contributed by atoms with Gasteiger partial charge in [-0.2, -0.15) is 0 Å². The lowest BCUT2D eigenvalue weighted by atomic mass is 9.72. The number of nitrogens with one attached hydrogen (secondary N) is 1. The predicted molar refractivity (Wildman–Crippen MR) is 96.9 cm³/mol. The summed E-state index contributed by atoms with van der Waals surface area (Å²) >= 11 is 0. The number of aliphatic carboxylic acids is 1. The number of fused-ring (bicyclic) bond motifs is 1. The van der Waals surface area contributed by atoms with Gasteiger partial charge in [-0.05, 0) is 30.5 Å². The number of carboxylic acids is 1. The van der Waals surface area contributed by atoms with Crippen LogP contribution in [-0.4, -0.2) is 44.9 Å². The Morgan fingerprint density at radius 2 is 1.85 bits per heavy atom. The van der Waals surface area contributed by atoms with E-state index in [9.17, 15) is 19.1 Å². The maximum absolute atomic E-state index is 13.9. The Hall–Kier alpha value is -3.22. The fourth-order valence-corrected chi connectivity index (χ4v) is 3.82. The van der Waals surface area contributed by atoms with Gasteiger partial charge in [0, 0.05) is 13.1 Å². The van der Waals surface area contributed by atoms with Crippen LogP contribution >= 0.6 is 0 Å². The third-order valence-corrected chi connectivity index (χ3v) is 5.36. The zero-order chi connectivity index (χ0) is 19.0. The molecular weight excluding hydrogens is 349 g/mol. The van der Waals surface area contributed by atoms with Crippen LogP contribution in [-0.2, 0) is 10.2 Å². The molecular formula is C20H18FN3O3. The number of imidazole rings is 1. The SMILES string of the molecule is O=C(c1cc(F)cc2[nH]cnc12)N1CCC(C(=O)O)(c2ccccc2)CC1. The normalized spacial score (nSPS) is 16.4. The number of hydrogen-bond acceptors (Lipinski definition) is 3. The molecule has 2 aromatic carbocycles. The van der Waals surface area contributed by atoms with Gasteiger partial charge in [0.2, 0.25) is 0 Å². The highest BCUT2D eigenvalue weighted by atomic mass is 19.1. The fraction of sp³-hybridized carbons (Fsp3) is 0.250. The molecule has 1 fully saturated rings. The minimum atomic E-state index is -1.01. The summed E-state index contributed by atoms with van der Waals surface area (Å²) in [6.45, 7) is 0.560. The van der Waals surface area contributed by atoms with E-state index in [2.05, 4.69) is 9.97 Å². The lowest BCUT2D eigenvalue weighted by molar-refractivity contribution is -0.145. The number of amides is 1. The van der Waals surface area contributed by atoms with Crippen molar-refractivity contribution in [1.29, 1.82) is 0 Å². The van der Waals surface area contributed by atoms with Crippen LogP contribution in [0.25, 0.3) is 11.0 Å². The monoisotopic (exact) mass is 367 g/mol. The second-order valence-electron chi connectivity index (χ2n) is 6.80. The van der Waals surface area contributed by atoms with Crippen LogP contribution in [0.4, 0.5) is 4.39 Å². The molecule has 0 spiro atoms. The van der Waals surface area contributed by atoms with Gasteiger partial charge in [-0.1, -0.05) is 30.3 Å². The van der Waals surface area contributed by atoms with Crippen LogP contribution in [0.1, 0.15) is 28.8 Å². The van der Waals surface area contributed by atoms with Crippen LogP contribution in [0.15, 0.2) is 48.8 Å². The van der Waals surface area contributed by atoms with Crippen molar-refractivity contribution in [1.82, 2.24) is 14.9 Å². The van der Waals surface area contributed by atoms with Gasteiger partial charge in [0.1, 0.15) is 11.3 Å². The van der Waals surface area contributed by atoms with Crippen LogP contribution < -0.4 is 0 Å². The summed E-state index contributed by atoms with van der Waals surface area (Å²) in [5.74, 6) is -1.74. The Morgan fingerprint density at radius 3 is 2.52 bits per heavy atom. The number of carbonyl (C=O) groups excluding carboxylic acids is 1. The lowest BCUT2D eigenvalue weighted by Crippen LogP contribution is -2.49. The lowest BCUT2D eigenvalue weighted by Gasteiger charge is -2.39. The van der Waals surface area contributed by atoms with Crippen molar-refractivity contribution in [2.75, 3.05) is 13.1 Å². The third-order valence-electron chi connectivity index (χ3n) is 5.36. The van der Waals surface area contributed by atoms with Gasteiger partial charge in [0.15, 0.2) is 0 Å². The highest BCUT2D eigenvalue weighted by molar-refractivity contribution is 6.05. The summed E-state index contributed by atoms with van der Waals surface area (Å²) < 4.78 is 13.9. The average Bonchev–Trinajstić information content (AvgIpc) is 3.15. The quantitative estimate of drug-likeness (QED) is 0.745. The molecule has 1 saturated heterocycles. The Bertz CT molecular complexity index is 1010. The molecule has 1 amide bonds. The van der Waals surface area contributed by atoms with Crippen molar-refractivity contribution >= 4 is 22.9 Å². The zero-order valence-electron chi connectivity index (χ0n) is 14.5. The molecule has 138 valence electrons. The molecule has 4 rings (SSSR count). The van der Waals surface area contributed by atoms with Crippen molar-refractivity contribution in [3.05, 3.63) is 65.7 Å². The van der Waals surface area contributed by atoms with E-state index in [0.717, 1.165) is 5.56 Å². The van der Waals surface area contributed by atoms with Gasteiger partial charge in [-0.25, -0.2) is 9.37 Å². The zero-order valence-corrected chi connectivity index (χ0v) is 14.5. The third kappa shape index (κ3) is 2.85. The first-order valence-electron chi connectivity index (χ1n) is 8.72. The molecule has 6 nitrogen and oxygen atoms in total. The molecule has 27 heavy (non-hydrogen) atoms. The van der Waals surface area contributed by atoms with Gasteiger partial charge in [0.05, 0.1) is 22.8 Å². The average molecular weight is 367 g/mol. The van der Waals surface area contributed by atoms with Crippen LogP contribution in [0.5, 0.6) is 0 Å². The number of aromatic nitrogens is 2. The van der Waals surface area contributed by atoms with Crippen molar-refractivity contribution in [2.24, 2.45) is 0 Å². The van der Waals surface area contributed by atoms with E-state index in [1.807, 2.05) is 30.3 Å². The van der Waals surface area contributed by atoms with Crippen molar-refractivity contribution in [2.45, 2.75) is 18.3 Å². The van der Waals surface area contributed by atoms with E-state index >= 15 is 0 Å². The molecule has 1 aliphatic rings. The number of nitrogens with zero attached hydrogens (tertiary/aromatic N) is 2. The number of carboxylic acid groups (broad SMARTS) is 1. The number of H-pyrrole nitrogens is 1. The summed E-state index contributed by atoms with van der Waals surface area (Å²) in [5.41, 5.74) is 0.791. The Labute approximate surface area is 154 Å².